The molecule has 0 radical (unpaired) electrons. The van der Waals surface area contributed by atoms with Gasteiger partial charge in [0.1, 0.15) is 6.04 Å². The normalized spacial score (nSPS) is 13.0. The minimum absolute atomic E-state index is 0.101. The number of ether oxygens (including phenoxy) is 1. The summed E-state index contributed by atoms with van der Waals surface area (Å²) in [6, 6.07) is 44.3. The first-order valence-electron chi connectivity index (χ1n) is 14.1. The summed E-state index contributed by atoms with van der Waals surface area (Å²) in [6.45, 7) is 0. The number of carbonyl (C=O) groups excluding carboxylic acids is 1. The predicted octanol–water partition coefficient (Wildman–Crippen LogP) is 8.00. The Morgan fingerprint density at radius 3 is 1.49 bits per heavy atom. The van der Waals surface area contributed by atoms with Gasteiger partial charge < -0.3 is 9.84 Å². The van der Waals surface area contributed by atoms with E-state index in [9.17, 15) is 14.7 Å². The molecule has 5 nitrogen and oxygen atoms in total. The summed E-state index contributed by atoms with van der Waals surface area (Å²) in [4.78, 5) is 28.2. The van der Waals surface area contributed by atoms with Gasteiger partial charge in [-0.2, -0.15) is 0 Å². The number of thioether (sulfide) groups is 1. The Bertz CT molecular complexity index is 1580. The first kappa shape index (κ1) is 28.3. The number of benzene rings is 5. The van der Waals surface area contributed by atoms with E-state index in [-0.39, 0.29) is 5.75 Å². The average Bonchev–Trinajstić information content (AvgIpc) is 3.39. The molecule has 0 unspecified atom stereocenters. The number of hydrogen-bond acceptors (Lipinski definition) is 4. The highest BCUT2D eigenvalue weighted by Crippen LogP contribution is 2.51. The molecule has 5 aromatic rings. The molecule has 0 heterocycles. The lowest BCUT2D eigenvalue weighted by Gasteiger charge is -2.39. The quantitative estimate of drug-likeness (QED) is 0.178. The van der Waals surface area contributed by atoms with E-state index in [1.807, 2.05) is 103 Å². The molecule has 0 aromatic heterocycles. The van der Waals surface area contributed by atoms with Gasteiger partial charge in [0, 0.05) is 5.75 Å². The molecule has 0 bridgehead atoms. The Balaban J connectivity index is 1.49. The fourth-order valence-corrected chi connectivity index (χ4v) is 7.81. The van der Waals surface area contributed by atoms with Crippen molar-refractivity contribution in [2.24, 2.45) is 0 Å². The minimum atomic E-state index is -1.20. The van der Waals surface area contributed by atoms with E-state index < -0.39 is 28.9 Å². The van der Waals surface area contributed by atoms with Crippen LogP contribution in [0.25, 0.3) is 11.1 Å². The summed E-state index contributed by atoms with van der Waals surface area (Å²) < 4.78 is 4.54. The highest BCUT2D eigenvalue weighted by Gasteiger charge is 2.45. The Kier molecular flexibility index (Phi) is 8.03. The fraction of sp³-hybridized carbons (Fsp3) is 0.135. The molecule has 0 spiro atoms. The molecule has 0 fully saturated rings. The zero-order chi connectivity index (χ0) is 29.8. The monoisotopic (exact) mass is 585 g/mol. The van der Waals surface area contributed by atoms with Gasteiger partial charge in [-0.25, -0.2) is 9.59 Å². The standard InChI is InChI=1S/C37H31NO4S/c1-42-36(41)38(34-31-23-13-11-21-29(31)30-22-12-14-24-32(30)34)33(35(39)40)25-43-37(26-15-5-2-6-16-26,27-17-7-3-8-18-27)28-19-9-4-10-20-28/h2-24,33-34H,25H2,1H3,(H,39,40)/t33-/m0/s1. The minimum Gasteiger partial charge on any atom is -0.480 e. The molecule has 1 atom stereocenters. The maximum Gasteiger partial charge on any atom is 0.411 e. The van der Waals surface area contributed by atoms with Crippen LogP contribution in [-0.4, -0.2) is 41.0 Å². The van der Waals surface area contributed by atoms with Crippen LogP contribution in [0.15, 0.2) is 140 Å². The number of carboxylic acids is 1. The van der Waals surface area contributed by atoms with E-state index >= 15 is 0 Å². The highest BCUT2D eigenvalue weighted by atomic mass is 32.2. The van der Waals surface area contributed by atoms with Crippen LogP contribution in [0.3, 0.4) is 0 Å². The Hall–Kier alpha value is -4.81. The van der Waals surface area contributed by atoms with Gasteiger partial charge in [0.05, 0.1) is 17.9 Å². The van der Waals surface area contributed by atoms with Gasteiger partial charge in [-0.05, 0) is 38.9 Å². The van der Waals surface area contributed by atoms with Crippen molar-refractivity contribution >= 4 is 23.8 Å². The molecule has 1 amide bonds. The fourth-order valence-electron chi connectivity index (χ4n) is 6.19. The van der Waals surface area contributed by atoms with E-state index in [1.165, 1.54) is 23.8 Å². The first-order valence-corrected chi connectivity index (χ1v) is 15.1. The molecule has 1 N–H and O–H groups in total. The number of nitrogens with zero attached hydrogens (tertiary/aromatic N) is 1. The van der Waals surface area contributed by atoms with Crippen LogP contribution in [0.4, 0.5) is 4.79 Å². The number of rotatable bonds is 9. The zero-order valence-electron chi connectivity index (χ0n) is 23.7. The van der Waals surface area contributed by atoms with Gasteiger partial charge in [-0.15, -0.1) is 11.8 Å². The molecule has 6 rings (SSSR count). The third-order valence-corrected chi connectivity index (χ3v) is 9.71. The van der Waals surface area contributed by atoms with Gasteiger partial charge in [-0.1, -0.05) is 140 Å². The number of hydrogen-bond donors (Lipinski definition) is 1. The summed E-state index contributed by atoms with van der Waals surface area (Å²) in [6.07, 6.45) is -0.686. The van der Waals surface area contributed by atoms with Crippen molar-refractivity contribution in [3.63, 3.8) is 0 Å². The van der Waals surface area contributed by atoms with Gasteiger partial charge in [0.25, 0.3) is 0 Å². The highest BCUT2D eigenvalue weighted by molar-refractivity contribution is 8.00. The lowest BCUT2D eigenvalue weighted by atomic mass is 9.84. The average molecular weight is 586 g/mol. The van der Waals surface area contributed by atoms with Crippen molar-refractivity contribution in [1.29, 1.82) is 0 Å². The van der Waals surface area contributed by atoms with Gasteiger partial charge in [-0.3, -0.25) is 4.90 Å². The van der Waals surface area contributed by atoms with Crippen LogP contribution in [0.2, 0.25) is 0 Å². The van der Waals surface area contributed by atoms with Crippen LogP contribution in [0.1, 0.15) is 33.9 Å². The number of carbonyl (C=O) groups is 2. The van der Waals surface area contributed by atoms with Crippen molar-refractivity contribution in [2.75, 3.05) is 12.9 Å². The number of methoxy groups -OCH3 is 1. The van der Waals surface area contributed by atoms with E-state index in [1.54, 1.807) is 0 Å². The van der Waals surface area contributed by atoms with Crippen molar-refractivity contribution in [3.05, 3.63) is 167 Å². The number of aliphatic carboxylic acids is 1. The molecule has 1 aliphatic rings. The SMILES string of the molecule is COC(=O)N(C1c2ccccc2-c2ccccc21)[C@@H](CSC(c1ccccc1)(c1ccccc1)c1ccccc1)C(=O)O. The summed E-state index contributed by atoms with van der Waals surface area (Å²) >= 11 is 1.51. The molecule has 0 aliphatic heterocycles. The number of amides is 1. The summed E-state index contributed by atoms with van der Waals surface area (Å²) in [5.41, 5.74) is 6.78. The molecular weight excluding hydrogens is 554 g/mol. The van der Waals surface area contributed by atoms with Crippen molar-refractivity contribution in [3.8, 4) is 11.1 Å². The summed E-state index contributed by atoms with van der Waals surface area (Å²) in [5.74, 6) is -0.993. The van der Waals surface area contributed by atoms with Crippen molar-refractivity contribution < 1.29 is 19.4 Å². The number of carboxylic acid groups (broad SMARTS) is 1. The molecule has 6 heteroatoms. The maximum absolute atomic E-state index is 13.6. The molecular formula is C37H31NO4S. The summed E-state index contributed by atoms with van der Waals surface area (Å²) in [7, 11) is 1.30. The van der Waals surface area contributed by atoms with Crippen LogP contribution in [0, 0.1) is 0 Å². The van der Waals surface area contributed by atoms with Gasteiger partial charge in [0.15, 0.2) is 0 Å². The second-order valence-electron chi connectivity index (χ2n) is 10.4. The zero-order valence-corrected chi connectivity index (χ0v) is 24.5. The Labute approximate surface area is 255 Å². The Morgan fingerprint density at radius 2 is 1.09 bits per heavy atom. The lowest BCUT2D eigenvalue weighted by molar-refractivity contribution is -0.142. The molecule has 43 heavy (non-hydrogen) atoms. The van der Waals surface area contributed by atoms with E-state index in [2.05, 4.69) is 36.4 Å². The second kappa shape index (κ2) is 12.2. The van der Waals surface area contributed by atoms with Crippen molar-refractivity contribution in [1.82, 2.24) is 4.90 Å². The van der Waals surface area contributed by atoms with Gasteiger partial charge in [0.2, 0.25) is 0 Å². The van der Waals surface area contributed by atoms with Crippen LogP contribution >= 0.6 is 11.8 Å². The Morgan fingerprint density at radius 1 is 0.698 bits per heavy atom. The van der Waals surface area contributed by atoms with Gasteiger partial charge >= 0.3 is 12.1 Å². The molecule has 214 valence electrons. The first-order chi connectivity index (χ1) is 21.1. The van der Waals surface area contributed by atoms with E-state index in [0.717, 1.165) is 38.9 Å². The molecule has 1 aliphatic carbocycles. The topological polar surface area (TPSA) is 66.8 Å². The second-order valence-corrected chi connectivity index (χ2v) is 11.6. The third kappa shape index (κ3) is 5.08. The van der Waals surface area contributed by atoms with E-state index in [4.69, 9.17) is 4.74 Å². The lowest BCUT2D eigenvalue weighted by Crippen LogP contribution is -2.49. The van der Waals surface area contributed by atoms with Crippen LogP contribution in [0.5, 0.6) is 0 Å². The molecule has 0 saturated carbocycles. The predicted molar refractivity (Wildman–Crippen MR) is 171 cm³/mol. The molecule has 5 aromatic carbocycles. The third-order valence-electron chi connectivity index (χ3n) is 8.08. The maximum atomic E-state index is 13.6. The largest absolute Gasteiger partial charge is 0.480 e. The number of fused-ring (bicyclic) bond motifs is 3. The smallest absolute Gasteiger partial charge is 0.411 e. The van der Waals surface area contributed by atoms with Crippen LogP contribution < -0.4 is 0 Å². The van der Waals surface area contributed by atoms with Crippen LogP contribution in [-0.2, 0) is 14.3 Å². The molecule has 0 saturated heterocycles. The van der Waals surface area contributed by atoms with Crippen molar-refractivity contribution in [2.45, 2.75) is 16.8 Å². The summed E-state index contributed by atoms with van der Waals surface area (Å²) in [5, 5.41) is 10.8. The van der Waals surface area contributed by atoms with E-state index in [0.29, 0.717) is 0 Å².